The number of hydrogen-bond donors (Lipinski definition) is 1. The first-order chi connectivity index (χ1) is 7.56. The van der Waals surface area contributed by atoms with E-state index < -0.39 is 5.92 Å². The molecule has 0 fully saturated rings. The molecule has 2 atom stereocenters. The van der Waals surface area contributed by atoms with Crippen molar-refractivity contribution >= 4 is 5.91 Å². The second-order valence-electron chi connectivity index (χ2n) is 3.94. The van der Waals surface area contributed by atoms with Gasteiger partial charge in [-0.2, -0.15) is 5.26 Å². The van der Waals surface area contributed by atoms with Crippen LogP contribution < -0.4 is 5.32 Å². The second kappa shape index (κ2) is 5.32. The van der Waals surface area contributed by atoms with Gasteiger partial charge in [0.2, 0.25) is 5.91 Å². The van der Waals surface area contributed by atoms with Crippen LogP contribution in [0.2, 0.25) is 0 Å². The molecule has 0 spiro atoms. The van der Waals surface area contributed by atoms with Crippen molar-refractivity contribution in [1.29, 1.82) is 5.26 Å². The number of nitriles is 1. The van der Waals surface area contributed by atoms with Gasteiger partial charge in [0.15, 0.2) is 0 Å². The van der Waals surface area contributed by atoms with Gasteiger partial charge in [-0.1, -0.05) is 24.3 Å². The maximum Gasteiger partial charge on any atom is 0.237 e. The van der Waals surface area contributed by atoms with E-state index in [1.807, 2.05) is 44.2 Å². The number of benzene rings is 1. The summed E-state index contributed by atoms with van der Waals surface area (Å²) in [5.41, 5.74) is 2.22. The van der Waals surface area contributed by atoms with Crippen molar-refractivity contribution in [2.75, 3.05) is 0 Å². The molecule has 0 aliphatic carbocycles. The summed E-state index contributed by atoms with van der Waals surface area (Å²) in [6, 6.07) is 9.75. The Kier molecular flexibility index (Phi) is 4.07. The number of rotatable bonds is 3. The molecule has 1 rings (SSSR count). The molecule has 16 heavy (non-hydrogen) atoms. The third-order valence-corrected chi connectivity index (χ3v) is 2.60. The van der Waals surface area contributed by atoms with E-state index in [-0.39, 0.29) is 11.9 Å². The lowest BCUT2D eigenvalue weighted by Crippen LogP contribution is -2.31. The van der Waals surface area contributed by atoms with Crippen LogP contribution in [0.15, 0.2) is 24.3 Å². The molecule has 0 saturated carbocycles. The first-order valence-electron chi connectivity index (χ1n) is 5.31. The maximum atomic E-state index is 11.5. The number of carbonyl (C=O) groups excluding carboxylic acids is 1. The Bertz CT molecular complexity index is 420. The lowest BCUT2D eigenvalue weighted by molar-refractivity contribution is -0.123. The van der Waals surface area contributed by atoms with Crippen molar-refractivity contribution in [3.05, 3.63) is 35.4 Å². The number of nitrogens with zero attached hydrogens (tertiary/aromatic N) is 1. The normalized spacial score (nSPS) is 13.6. The molecule has 0 aromatic heterocycles. The molecule has 0 heterocycles. The molecule has 0 aliphatic heterocycles. The summed E-state index contributed by atoms with van der Waals surface area (Å²) in [6.07, 6.45) is 0. The minimum Gasteiger partial charge on any atom is -0.348 e. The lowest BCUT2D eigenvalue weighted by atomic mass is 10.0. The third-order valence-electron chi connectivity index (χ3n) is 2.60. The van der Waals surface area contributed by atoms with Crippen molar-refractivity contribution in [2.24, 2.45) is 5.92 Å². The summed E-state index contributed by atoms with van der Waals surface area (Å²) < 4.78 is 0. The fourth-order valence-electron chi connectivity index (χ4n) is 1.55. The van der Waals surface area contributed by atoms with E-state index in [0.717, 1.165) is 11.1 Å². The molecular weight excluding hydrogens is 200 g/mol. The highest BCUT2D eigenvalue weighted by Gasteiger charge is 2.15. The molecule has 1 N–H and O–H groups in total. The van der Waals surface area contributed by atoms with Gasteiger partial charge in [0.05, 0.1) is 12.1 Å². The zero-order valence-electron chi connectivity index (χ0n) is 9.82. The van der Waals surface area contributed by atoms with Gasteiger partial charge in [0, 0.05) is 0 Å². The van der Waals surface area contributed by atoms with E-state index in [9.17, 15) is 4.79 Å². The van der Waals surface area contributed by atoms with Gasteiger partial charge >= 0.3 is 0 Å². The van der Waals surface area contributed by atoms with Gasteiger partial charge in [-0.15, -0.1) is 0 Å². The third kappa shape index (κ3) is 2.83. The largest absolute Gasteiger partial charge is 0.348 e. The smallest absolute Gasteiger partial charge is 0.237 e. The van der Waals surface area contributed by atoms with Crippen LogP contribution in [0.4, 0.5) is 0 Å². The monoisotopic (exact) mass is 216 g/mol. The van der Waals surface area contributed by atoms with Crippen molar-refractivity contribution in [2.45, 2.75) is 26.8 Å². The summed E-state index contributed by atoms with van der Waals surface area (Å²) in [5, 5.41) is 11.5. The van der Waals surface area contributed by atoms with Crippen LogP contribution in [0.25, 0.3) is 0 Å². The molecule has 1 amide bonds. The van der Waals surface area contributed by atoms with Crippen molar-refractivity contribution in [3.63, 3.8) is 0 Å². The molecule has 1 aromatic carbocycles. The summed E-state index contributed by atoms with van der Waals surface area (Å²) in [5.74, 6) is -0.829. The topological polar surface area (TPSA) is 52.9 Å². The van der Waals surface area contributed by atoms with E-state index >= 15 is 0 Å². The number of amides is 1. The van der Waals surface area contributed by atoms with Crippen molar-refractivity contribution in [3.8, 4) is 6.07 Å². The molecule has 3 heteroatoms. The molecule has 2 unspecified atom stereocenters. The van der Waals surface area contributed by atoms with Crippen molar-refractivity contribution < 1.29 is 4.79 Å². The zero-order valence-corrected chi connectivity index (χ0v) is 9.82. The van der Waals surface area contributed by atoms with Crippen LogP contribution in [0.1, 0.15) is 31.0 Å². The van der Waals surface area contributed by atoms with Gasteiger partial charge in [-0.3, -0.25) is 4.79 Å². The van der Waals surface area contributed by atoms with Crippen LogP contribution in [0.5, 0.6) is 0 Å². The Morgan fingerprint density at radius 3 is 2.56 bits per heavy atom. The molecule has 84 valence electrons. The van der Waals surface area contributed by atoms with Crippen LogP contribution in [-0.2, 0) is 4.79 Å². The minimum atomic E-state index is -0.605. The molecule has 0 bridgehead atoms. The number of nitrogens with one attached hydrogen (secondary N) is 1. The van der Waals surface area contributed by atoms with Gasteiger partial charge in [0.1, 0.15) is 5.92 Å². The average molecular weight is 216 g/mol. The first kappa shape index (κ1) is 12.3. The SMILES string of the molecule is Cc1ccccc1C(C)NC(=O)C(C)C#N. The fraction of sp³-hybridized carbons (Fsp3) is 0.385. The number of carbonyl (C=O) groups is 1. The van der Waals surface area contributed by atoms with Crippen LogP contribution in [0, 0.1) is 24.2 Å². The zero-order chi connectivity index (χ0) is 12.1. The molecule has 0 aliphatic rings. The van der Waals surface area contributed by atoms with E-state index in [1.54, 1.807) is 6.92 Å². The fourth-order valence-corrected chi connectivity index (χ4v) is 1.55. The maximum absolute atomic E-state index is 11.5. The predicted octanol–water partition coefficient (Wildman–Crippen LogP) is 2.33. The number of aryl methyl sites for hydroxylation is 1. The Morgan fingerprint density at radius 2 is 2.00 bits per heavy atom. The summed E-state index contributed by atoms with van der Waals surface area (Å²) in [4.78, 5) is 11.5. The predicted molar refractivity (Wildman–Crippen MR) is 62.5 cm³/mol. The molecular formula is C13H16N2O. The summed E-state index contributed by atoms with van der Waals surface area (Å²) in [6.45, 7) is 5.52. The highest BCUT2D eigenvalue weighted by molar-refractivity contribution is 5.81. The van der Waals surface area contributed by atoms with Crippen LogP contribution in [-0.4, -0.2) is 5.91 Å². The molecule has 1 aromatic rings. The van der Waals surface area contributed by atoms with Crippen LogP contribution >= 0.6 is 0 Å². The highest BCUT2D eigenvalue weighted by Crippen LogP contribution is 2.16. The van der Waals surface area contributed by atoms with E-state index in [1.165, 1.54) is 0 Å². The second-order valence-corrected chi connectivity index (χ2v) is 3.94. The lowest BCUT2D eigenvalue weighted by Gasteiger charge is -2.17. The Hall–Kier alpha value is -1.82. The Labute approximate surface area is 96.1 Å². The molecule has 0 saturated heterocycles. The quantitative estimate of drug-likeness (QED) is 0.843. The van der Waals surface area contributed by atoms with Crippen LogP contribution in [0.3, 0.4) is 0 Å². The van der Waals surface area contributed by atoms with Gasteiger partial charge in [-0.05, 0) is 31.9 Å². The average Bonchev–Trinajstić information content (AvgIpc) is 2.28. The van der Waals surface area contributed by atoms with Crippen molar-refractivity contribution in [1.82, 2.24) is 5.32 Å². The van der Waals surface area contributed by atoms with Gasteiger partial charge < -0.3 is 5.32 Å². The van der Waals surface area contributed by atoms with E-state index in [4.69, 9.17) is 5.26 Å². The highest BCUT2D eigenvalue weighted by atomic mass is 16.1. The van der Waals surface area contributed by atoms with E-state index in [2.05, 4.69) is 5.32 Å². The summed E-state index contributed by atoms with van der Waals surface area (Å²) in [7, 11) is 0. The number of hydrogen-bond acceptors (Lipinski definition) is 2. The Morgan fingerprint density at radius 1 is 1.38 bits per heavy atom. The van der Waals surface area contributed by atoms with E-state index in [0.29, 0.717) is 0 Å². The minimum absolute atomic E-state index is 0.0653. The Balaban J connectivity index is 2.74. The molecule has 3 nitrogen and oxygen atoms in total. The standard InChI is InChI=1S/C13H16N2O/c1-9-6-4-5-7-12(9)11(3)15-13(16)10(2)8-14/h4-7,10-11H,1-3H3,(H,15,16). The molecule has 0 radical (unpaired) electrons. The van der Waals surface area contributed by atoms with Gasteiger partial charge in [0.25, 0.3) is 0 Å². The summed E-state index contributed by atoms with van der Waals surface area (Å²) >= 11 is 0. The van der Waals surface area contributed by atoms with Gasteiger partial charge in [-0.25, -0.2) is 0 Å². The first-order valence-corrected chi connectivity index (χ1v) is 5.31.